The van der Waals surface area contributed by atoms with Gasteiger partial charge in [-0.1, -0.05) is 65.2 Å². The summed E-state index contributed by atoms with van der Waals surface area (Å²) >= 11 is 0. The van der Waals surface area contributed by atoms with E-state index in [0.29, 0.717) is 12.8 Å². The lowest BCUT2D eigenvalue weighted by Gasteiger charge is -2.15. The largest absolute Gasteiger partial charge is 0.393 e. The number of hydrogen-bond donors (Lipinski definition) is 2. The zero-order valence-corrected chi connectivity index (χ0v) is 14.1. The van der Waals surface area contributed by atoms with Crippen LogP contribution in [-0.4, -0.2) is 28.2 Å². The molecular weight excluding hydrogens is 264 g/mol. The highest BCUT2D eigenvalue weighted by molar-refractivity contribution is 5.78. The second kappa shape index (κ2) is 14.5. The number of unbranched alkanes of at least 4 members (excludes halogenated alkanes) is 7. The number of Topliss-reactive ketones (excluding diaryl/α,β-unsaturated/α-hetero) is 1. The molecule has 0 saturated carbocycles. The fourth-order valence-corrected chi connectivity index (χ4v) is 2.61. The molecule has 0 aromatic rings. The van der Waals surface area contributed by atoms with Gasteiger partial charge in [-0.15, -0.1) is 0 Å². The predicted octanol–water partition coefficient (Wildman–Crippen LogP) is 4.39. The van der Waals surface area contributed by atoms with Gasteiger partial charge in [-0.3, -0.25) is 4.79 Å². The van der Waals surface area contributed by atoms with Gasteiger partial charge in [0.05, 0.1) is 12.2 Å². The normalized spacial score (nSPS) is 14.1. The summed E-state index contributed by atoms with van der Waals surface area (Å²) in [5.41, 5.74) is 0. The topological polar surface area (TPSA) is 57.5 Å². The van der Waals surface area contributed by atoms with Gasteiger partial charge < -0.3 is 10.2 Å². The van der Waals surface area contributed by atoms with E-state index in [1.807, 2.05) is 0 Å². The van der Waals surface area contributed by atoms with Crippen molar-refractivity contribution in [1.29, 1.82) is 0 Å². The van der Waals surface area contributed by atoms with E-state index in [9.17, 15) is 15.0 Å². The summed E-state index contributed by atoms with van der Waals surface area (Å²) in [7, 11) is 0. The first-order valence-electron chi connectivity index (χ1n) is 8.97. The summed E-state index contributed by atoms with van der Waals surface area (Å²) in [5.74, 6) is 0.133. The maximum Gasteiger partial charge on any atom is 0.135 e. The highest BCUT2D eigenvalue weighted by Crippen LogP contribution is 2.13. The van der Waals surface area contributed by atoms with Crippen molar-refractivity contribution in [3.8, 4) is 0 Å². The number of aliphatic hydroxyl groups is 2. The standard InChI is InChI=1S/C18H36O3/c1-3-5-7-9-11-13-17(20)15-18(21)14-16(19)12-10-8-6-4-2/h17-18,20-21H,3-15H2,1-2H3. The molecule has 0 fully saturated rings. The van der Waals surface area contributed by atoms with Gasteiger partial charge in [0.2, 0.25) is 0 Å². The van der Waals surface area contributed by atoms with Gasteiger partial charge in [0, 0.05) is 12.8 Å². The number of ketones is 1. The molecule has 0 aliphatic rings. The molecule has 0 spiro atoms. The van der Waals surface area contributed by atoms with E-state index in [2.05, 4.69) is 13.8 Å². The fraction of sp³-hybridized carbons (Fsp3) is 0.944. The molecule has 0 rings (SSSR count). The molecule has 3 nitrogen and oxygen atoms in total. The van der Waals surface area contributed by atoms with Crippen molar-refractivity contribution in [3.63, 3.8) is 0 Å². The van der Waals surface area contributed by atoms with Crippen LogP contribution in [0.25, 0.3) is 0 Å². The van der Waals surface area contributed by atoms with Crippen LogP contribution in [0.3, 0.4) is 0 Å². The number of carbonyl (C=O) groups is 1. The van der Waals surface area contributed by atoms with Crippen molar-refractivity contribution in [2.24, 2.45) is 0 Å². The molecule has 126 valence electrons. The van der Waals surface area contributed by atoms with Crippen LogP contribution in [0.15, 0.2) is 0 Å². The van der Waals surface area contributed by atoms with Crippen molar-refractivity contribution in [2.75, 3.05) is 0 Å². The van der Waals surface area contributed by atoms with Crippen LogP contribution in [0, 0.1) is 0 Å². The average Bonchev–Trinajstić information content (AvgIpc) is 2.43. The molecule has 0 saturated heterocycles. The van der Waals surface area contributed by atoms with Gasteiger partial charge in [-0.25, -0.2) is 0 Å². The Morgan fingerprint density at radius 3 is 2.00 bits per heavy atom. The molecule has 3 heteroatoms. The molecule has 2 N–H and O–H groups in total. The molecule has 0 aliphatic carbocycles. The lowest BCUT2D eigenvalue weighted by Crippen LogP contribution is -2.20. The lowest BCUT2D eigenvalue weighted by atomic mass is 9.99. The average molecular weight is 300 g/mol. The van der Waals surface area contributed by atoms with Crippen molar-refractivity contribution < 1.29 is 15.0 Å². The van der Waals surface area contributed by atoms with E-state index in [4.69, 9.17) is 0 Å². The number of carbonyl (C=O) groups excluding carboxylic acids is 1. The fourth-order valence-electron chi connectivity index (χ4n) is 2.61. The Hall–Kier alpha value is -0.410. The minimum Gasteiger partial charge on any atom is -0.393 e. The Bertz CT molecular complexity index is 241. The number of aliphatic hydroxyl groups excluding tert-OH is 2. The van der Waals surface area contributed by atoms with E-state index in [1.54, 1.807) is 0 Å². The number of rotatable bonds is 15. The van der Waals surface area contributed by atoms with E-state index in [0.717, 1.165) is 32.1 Å². The van der Waals surface area contributed by atoms with E-state index < -0.39 is 12.2 Å². The van der Waals surface area contributed by atoms with E-state index >= 15 is 0 Å². The van der Waals surface area contributed by atoms with Crippen LogP contribution in [0.5, 0.6) is 0 Å². The van der Waals surface area contributed by atoms with E-state index in [1.165, 1.54) is 32.1 Å². The molecule has 0 aliphatic heterocycles. The molecule has 0 radical (unpaired) electrons. The van der Waals surface area contributed by atoms with Crippen molar-refractivity contribution in [1.82, 2.24) is 0 Å². The summed E-state index contributed by atoms with van der Waals surface area (Å²) < 4.78 is 0. The van der Waals surface area contributed by atoms with Crippen LogP contribution in [-0.2, 0) is 4.79 Å². The molecule has 0 bridgehead atoms. The van der Waals surface area contributed by atoms with Crippen molar-refractivity contribution >= 4 is 5.78 Å². The molecule has 0 aromatic carbocycles. The third-order valence-electron chi connectivity index (χ3n) is 3.96. The highest BCUT2D eigenvalue weighted by atomic mass is 16.3. The Balaban J connectivity index is 3.57. The van der Waals surface area contributed by atoms with Crippen molar-refractivity contribution in [2.45, 2.75) is 110 Å². The smallest absolute Gasteiger partial charge is 0.135 e. The summed E-state index contributed by atoms with van der Waals surface area (Å²) in [6.45, 7) is 4.33. The highest BCUT2D eigenvalue weighted by Gasteiger charge is 2.15. The predicted molar refractivity (Wildman–Crippen MR) is 88.4 cm³/mol. The third kappa shape index (κ3) is 14.3. The van der Waals surface area contributed by atoms with Gasteiger partial charge in [0.25, 0.3) is 0 Å². The SMILES string of the molecule is CCCCCCCC(O)CC(O)CC(=O)CCCCCC. The zero-order chi connectivity index (χ0) is 15.9. The van der Waals surface area contributed by atoms with Crippen LogP contribution in [0.4, 0.5) is 0 Å². The van der Waals surface area contributed by atoms with Crippen LogP contribution in [0.2, 0.25) is 0 Å². The molecule has 0 aromatic heterocycles. The molecule has 0 heterocycles. The lowest BCUT2D eigenvalue weighted by molar-refractivity contribution is -0.121. The third-order valence-corrected chi connectivity index (χ3v) is 3.96. The van der Waals surface area contributed by atoms with Gasteiger partial charge in [0.15, 0.2) is 0 Å². The Kier molecular flexibility index (Phi) is 14.2. The second-order valence-electron chi connectivity index (χ2n) is 6.30. The van der Waals surface area contributed by atoms with E-state index in [-0.39, 0.29) is 12.2 Å². The molecule has 0 amide bonds. The van der Waals surface area contributed by atoms with Crippen LogP contribution < -0.4 is 0 Å². The first-order valence-corrected chi connectivity index (χ1v) is 8.97. The zero-order valence-electron chi connectivity index (χ0n) is 14.1. The maximum absolute atomic E-state index is 11.7. The molecule has 2 unspecified atom stereocenters. The van der Waals surface area contributed by atoms with Crippen molar-refractivity contribution in [3.05, 3.63) is 0 Å². The summed E-state index contributed by atoms with van der Waals surface area (Å²) in [6.07, 6.45) is 11.0. The second-order valence-corrected chi connectivity index (χ2v) is 6.30. The summed E-state index contributed by atoms with van der Waals surface area (Å²) in [5, 5.41) is 19.7. The van der Waals surface area contributed by atoms with Crippen LogP contribution in [0.1, 0.15) is 97.3 Å². The first kappa shape index (κ1) is 20.6. The minimum atomic E-state index is -0.672. The molecular formula is C18H36O3. The van der Waals surface area contributed by atoms with Gasteiger partial charge in [-0.2, -0.15) is 0 Å². The quantitative estimate of drug-likeness (QED) is 0.441. The Morgan fingerprint density at radius 1 is 0.810 bits per heavy atom. The monoisotopic (exact) mass is 300 g/mol. The molecule has 2 atom stereocenters. The Morgan fingerprint density at radius 2 is 1.38 bits per heavy atom. The van der Waals surface area contributed by atoms with Gasteiger partial charge in [-0.05, 0) is 19.3 Å². The number of hydrogen-bond acceptors (Lipinski definition) is 3. The summed E-state index contributed by atoms with van der Waals surface area (Å²) in [4.78, 5) is 11.7. The first-order chi connectivity index (χ1) is 10.1. The maximum atomic E-state index is 11.7. The van der Waals surface area contributed by atoms with Crippen LogP contribution >= 0.6 is 0 Å². The van der Waals surface area contributed by atoms with Gasteiger partial charge >= 0.3 is 0 Å². The Labute approximate surface area is 131 Å². The minimum absolute atomic E-state index is 0.133. The summed E-state index contributed by atoms with van der Waals surface area (Å²) in [6, 6.07) is 0. The van der Waals surface area contributed by atoms with Gasteiger partial charge in [0.1, 0.15) is 5.78 Å². The molecule has 21 heavy (non-hydrogen) atoms.